The number of esters is 1. The highest BCUT2D eigenvalue weighted by molar-refractivity contribution is 5.92. The van der Waals surface area contributed by atoms with Crippen LogP contribution in [0.5, 0.6) is 11.5 Å². The average Bonchev–Trinajstić information content (AvgIpc) is 2.84. The van der Waals surface area contributed by atoms with Gasteiger partial charge in [-0.05, 0) is 55.0 Å². The first kappa shape index (κ1) is 23.9. The van der Waals surface area contributed by atoms with Gasteiger partial charge in [0.15, 0.2) is 11.5 Å². The lowest BCUT2D eigenvalue weighted by molar-refractivity contribution is -0.384. The van der Waals surface area contributed by atoms with Crippen molar-refractivity contribution in [3.05, 3.63) is 93.5 Å². The smallest absolute Gasteiger partial charge is 0.343 e. The molecule has 0 aliphatic carbocycles. The van der Waals surface area contributed by atoms with Gasteiger partial charge in [0.25, 0.3) is 11.6 Å². The summed E-state index contributed by atoms with van der Waals surface area (Å²) < 4.78 is 10.6. The largest absolute Gasteiger partial charge is 0.493 e. The van der Waals surface area contributed by atoms with E-state index in [0.717, 1.165) is 11.3 Å². The summed E-state index contributed by atoms with van der Waals surface area (Å²) in [7, 11) is 1.41. The average molecular weight is 462 g/mol. The fraction of sp³-hybridized carbons (Fsp3) is 0.125. The van der Waals surface area contributed by atoms with Gasteiger partial charge in [0, 0.05) is 17.8 Å². The summed E-state index contributed by atoms with van der Waals surface area (Å²) in [6.07, 6.45) is 1.42. The molecule has 0 saturated carbocycles. The molecule has 3 aromatic rings. The second-order valence-electron chi connectivity index (χ2n) is 7.12. The number of amides is 1. The maximum atomic E-state index is 12.3. The van der Waals surface area contributed by atoms with Crippen LogP contribution in [0.3, 0.4) is 0 Å². The van der Waals surface area contributed by atoms with Crippen molar-refractivity contribution in [1.82, 2.24) is 5.43 Å². The molecule has 0 aromatic heterocycles. The third-order valence-electron chi connectivity index (χ3n) is 4.61. The van der Waals surface area contributed by atoms with E-state index in [2.05, 4.69) is 15.8 Å². The van der Waals surface area contributed by atoms with E-state index >= 15 is 0 Å². The Balaban J connectivity index is 1.56. The number of methoxy groups -OCH3 is 1. The Morgan fingerprint density at radius 2 is 1.74 bits per heavy atom. The number of nitro benzene ring substituents is 1. The third-order valence-corrected chi connectivity index (χ3v) is 4.61. The van der Waals surface area contributed by atoms with Crippen molar-refractivity contribution in [2.24, 2.45) is 5.10 Å². The van der Waals surface area contributed by atoms with E-state index in [4.69, 9.17) is 9.47 Å². The predicted molar refractivity (Wildman–Crippen MR) is 126 cm³/mol. The highest BCUT2D eigenvalue weighted by Gasteiger charge is 2.14. The lowest BCUT2D eigenvalue weighted by Crippen LogP contribution is -2.25. The maximum Gasteiger partial charge on any atom is 0.343 e. The molecule has 0 aliphatic heterocycles. The van der Waals surface area contributed by atoms with Gasteiger partial charge in [-0.1, -0.05) is 17.7 Å². The minimum Gasteiger partial charge on any atom is -0.493 e. The van der Waals surface area contributed by atoms with Crippen LogP contribution in [-0.2, 0) is 4.79 Å². The molecule has 3 rings (SSSR count). The summed E-state index contributed by atoms with van der Waals surface area (Å²) >= 11 is 0. The molecule has 0 spiro atoms. The third kappa shape index (κ3) is 6.63. The fourth-order valence-corrected chi connectivity index (χ4v) is 2.80. The van der Waals surface area contributed by atoms with Crippen molar-refractivity contribution >= 4 is 29.5 Å². The highest BCUT2D eigenvalue weighted by atomic mass is 16.6. The Labute approximate surface area is 195 Å². The van der Waals surface area contributed by atoms with Crippen LogP contribution in [0.1, 0.15) is 21.5 Å². The van der Waals surface area contributed by atoms with Gasteiger partial charge in [-0.25, -0.2) is 10.2 Å². The van der Waals surface area contributed by atoms with Crippen molar-refractivity contribution in [1.29, 1.82) is 0 Å². The zero-order valence-corrected chi connectivity index (χ0v) is 18.5. The van der Waals surface area contributed by atoms with E-state index in [9.17, 15) is 19.7 Å². The second-order valence-corrected chi connectivity index (χ2v) is 7.12. The van der Waals surface area contributed by atoms with Crippen LogP contribution in [-0.4, -0.2) is 36.7 Å². The van der Waals surface area contributed by atoms with Gasteiger partial charge in [-0.3, -0.25) is 14.9 Å². The van der Waals surface area contributed by atoms with Crippen molar-refractivity contribution in [2.45, 2.75) is 6.92 Å². The molecule has 0 unspecified atom stereocenters. The number of non-ortho nitro benzene ring substituents is 1. The van der Waals surface area contributed by atoms with Gasteiger partial charge >= 0.3 is 5.97 Å². The first-order valence-electron chi connectivity index (χ1n) is 10.1. The minimum atomic E-state index is -0.692. The van der Waals surface area contributed by atoms with Gasteiger partial charge < -0.3 is 14.8 Å². The molecule has 0 fully saturated rings. The van der Waals surface area contributed by atoms with Crippen LogP contribution in [0.4, 0.5) is 11.4 Å². The number of carbonyl (C=O) groups excluding carboxylic acids is 2. The van der Waals surface area contributed by atoms with Gasteiger partial charge in [-0.15, -0.1) is 0 Å². The Bertz CT molecular complexity index is 1210. The normalized spacial score (nSPS) is 10.5. The molecule has 0 saturated heterocycles. The van der Waals surface area contributed by atoms with Gasteiger partial charge in [0.1, 0.15) is 0 Å². The van der Waals surface area contributed by atoms with E-state index in [1.54, 1.807) is 12.1 Å². The highest BCUT2D eigenvalue weighted by Crippen LogP contribution is 2.28. The number of hydrogen-bond acceptors (Lipinski definition) is 8. The molecular weight excluding hydrogens is 440 g/mol. The van der Waals surface area contributed by atoms with Crippen molar-refractivity contribution < 1.29 is 24.0 Å². The lowest BCUT2D eigenvalue weighted by Gasteiger charge is -2.10. The minimum absolute atomic E-state index is 0.0568. The molecule has 1 amide bonds. The van der Waals surface area contributed by atoms with Gasteiger partial charge in [0.2, 0.25) is 0 Å². The van der Waals surface area contributed by atoms with Crippen LogP contribution in [0.15, 0.2) is 71.8 Å². The van der Waals surface area contributed by atoms with E-state index in [-0.39, 0.29) is 35.2 Å². The maximum absolute atomic E-state index is 12.3. The molecular formula is C24H22N4O6. The first-order valence-corrected chi connectivity index (χ1v) is 10.1. The number of anilines is 1. The van der Waals surface area contributed by atoms with Crippen LogP contribution in [0, 0.1) is 17.0 Å². The van der Waals surface area contributed by atoms with Crippen LogP contribution in [0.2, 0.25) is 0 Å². The number of nitro groups is 1. The summed E-state index contributed by atoms with van der Waals surface area (Å²) in [6, 6.07) is 17.4. The Morgan fingerprint density at radius 1 is 1.03 bits per heavy atom. The standard InChI is InChI=1S/C24H22N4O6/c1-16-3-8-19(9-4-16)25-15-23(29)27-26-14-17-5-12-21(22(13-17)33-2)34-24(30)18-6-10-20(11-7-18)28(31)32/h3-14,25H,15H2,1-2H3,(H,27,29)/b26-14+. The summed E-state index contributed by atoms with van der Waals surface area (Å²) in [4.78, 5) is 34.5. The molecule has 34 heavy (non-hydrogen) atoms. The van der Waals surface area contributed by atoms with Crippen LogP contribution in [0.25, 0.3) is 0 Å². The predicted octanol–water partition coefficient (Wildman–Crippen LogP) is 3.69. The van der Waals surface area contributed by atoms with Crippen molar-refractivity contribution in [3.63, 3.8) is 0 Å². The van der Waals surface area contributed by atoms with Crippen LogP contribution < -0.4 is 20.2 Å². The number of nitrogens with zero attached hydrogens (tertiary/aromatic N) is 2. The molecule has 174 valence electrons. The number of carbonyl (C=O) groups is 2. The molecule has 0 atom stereocenters. The van der Waals surface area contributed by atoms with Crippen molar-refractivity contribution in [2.75, 3.05) is 19.0 Å². The number of ether oxygens (including phenoxy) is 2. The monoisotopic (exact) mass is 462 g/mol. The Kier molecular flexibility index (Phi) is 7.90. The number of rotatable bonds is 9. The first-order chi connectivity index (χ1) is 16.4. The molecule has 0 aliphatic rings. The number of nitrogens with one attached hydrogen (secondary N) is 2. The number of benzene rings is 3. The van der Waals surface area contributed by atoms with E-state index in [0.29, 0.717) is 5.56 Å². The molecule has 0 radical (unpaired) electrons. The quantitative estimate of drug-likeness (QED) is 0.163. The number of aryl methyl sites for hydroxylation is 1. The fourth-order valence-electron chi connectivity index (χ4n) is 2.80. The van der Waals surface area contributed by atoms with E-state index < -0.39 is 10.9 Å². The molecule has 3 aromatic carbocycles. The topological polar surface area (TPSA) is 132 Å². The number of hydrazone groups is 1. The van der Waals surface area contributed by atoms with Crippen LogP contribution >= 0.6 is 0 Å². The summed E-state index contributed by atoms with van der Waals surface area (Å²) in [6.45, 7) is 2.04. The zero-order valence-electron chi connectivity index (χ0n) is 18.5. The molecule has 0 heterocycles. The summed E-state index contributed by atoms with van der Waals surface area (Å²) in [5.41, 5.74) is 5.00. The van der Waals surface area contributed by atoms with E-state index in [1.165, 1.54) is 43.7 Å². The molecule has 10 heteroatoms. The lowest BCUT2D eigenvalue weighted by atomic mass is 10.2. The molecule has 2 N–H and O–H groups in total. The summed E-state index contributed by atoms with van der Waals surface area (Å²) in [5.74, 6) is -0.582. The second kappa shape index (κ2) is 11.2. The Morgan fingerprint density at radius 3 is 2.38 bits per heavy atom. The number of hydrogen-bond donors (Lipinski definition) is 2. The summed E-state index contributed by atoms with van der Waals surface area (Å²) in [5, 5.41) is 17.7. The zero-order chi connectivity index (χ0) is 24.5. The Hall–Kier alpha value is -4.73. The molecule has 10 nitrogen and oxygen atoms in total. The van der Waals surface area contributed by atoms with Gasteiger partial charge in [-0.2, -0.15) is 5.10 Å². The molecule has 0 bridgehead atoms. The SMILES string of the molecule is COc1cc(/C=N/NC(=O)CNc2ccc(C)cc2)ccc1OC(=O)c1ccc([N+](=O)[O-])cc1. The van der Waals surface area contributed by atoms with Gasteiger partial charge in [0.05, 0.1) is 30.4 Å². The van der Waals surface area contributed by atoms with Crippen molar-refractivity contribution in [3.8, 4) is 11.5 Å². The van der Waals surface area contributed by atoms with E-state index in [1.807, 2.05) is 31.2 Å².